The Kier molecular flexibility index (Phi) is 8.19. The van der Waals surface area contributed by atoms with Crippen molar-refractivity contribution < 1.29 is 4.42 Å². The summed E-state index contributed by atoms with van der Waals surface area (Å²) in [6.45, 7) is 0. The zero-order valence-electron chi connectivity index (χ0n) is 31.7. The van der Waals surface area contributed by atoms with Crippen molar-refractivity contribution in [2.45, 2.75) is 0 Å². The summed E-state index contributed by atoms with van der Waals surface area (Å²) >= 11 is 0. The number of rotatable bonds is 7. The zero-order chi connectivity index (χ0) is 38.4. The summed E-state index contributed by atoms with van der Waals surface area (Å²) in [5.41, 5.74) is 14.4. The molecular formula is C56H37NO. The van der Waals surface area contributed by atoms with Crippen LogP contribution in [-0.2, 0) is 0 Å². The van der Waals surface area contributed by atoms with Gasteiger partial charge in [0.2, 0.25) is 0 Å². The molecule has 0 aliphatic rings. The van der Waals surface area contributed by atoms with Gasteiger partial charge >= 0.3 is 0 Å². The fraction of sp³-hybridized carbons (Fsp3) is 0. The largest absolute Gasteiger partial charge is 0.456 e. The molecule has 0 saturated carbocycles. The molecule has 58 heavy (non-hydrogen) atoms. The van der Waals surface area contributed by atoms with E-state index >= 15 is 0 Å². The average molecular weight is 740 g/mol. The molecule has 0 aliphatic heterocycles. The lowest BCUT2D eigenvalue weighted by Crippen LogP contribution is -2.10. The highest BCUT2D eigenvalue weighted by Crippen LogP contribution is 2.43. The van der Waals surface area contributed by atoms with Crippen LogP contribution < -0.4 is 4.90 Å². The van der Waals surface area contributed by atoms with Crippen molar-refractivity contribution in [2.75, 3.05) is 4.90 Å². The number of hydrogen-bond acceptors (Lipinski definition) is 2. The van der Waals surface area contributed by atoms with Crippen LogP contribution in [0.4, 0.5) is 17.1 Å². The smallest absolute Gasteiger partial charge is 0.136 e. The number of benzene rings is 10. The lowest BCUT2D eigenvalue weighted by molar-refractivity contribution is 0.669. The zero-order valence-corrected chi connectivity index (χ0v) is 31.7. The molecule has 0 atom stereocenters. The number of anilines is 3. The van der Waals surface area contributed by atoms with Gasteiger partial charge in [-0.3, -0.25) is 0 Å². The van der Waals surface area contributed by atoms with E-state index in [4.69, 9.17) is 4.42 Å². The van der Waals surface area contributed by atoms with E-state index in [-0.39, 0.29) is 0 Å². The van der Waals surface area contributed by atoms with Crippen LogP contribution in [0.15, 0.2) is 229 Å². The van der Waals surface area contributed by atoms with E-state index in [1.165, 1.54) is 43.8 Å². The Morgan fingerprint density at radius 2 is 0.810 bits per heavy atom. The minimum Gasteiger partial charge on any atom is -0.456 e. The van der Waals surface area contributed by atoms with Gasteiger partial charge in [0.15, 0.2) is 0 Å². The van der Waals surface area contributed by atoms with Crippen LogP contribution in [0, 0.1) is 0 Å². The average Bonchev–Trinajstić information content (AvgIpc) is 3.69. The van der Waals surface area contributed by atoms with E-state index in [0.29, 0.717) is 0 Å². The maximum absolute atomic E-state index is 6.26. The van der Waals surface area contributed by atoms with Gasteiger partial charge in [0.05, 0.1) is 0 Å². The van der Waals surface area contributed by atoms with Crippen molar-refractivity contribution in [1.82, 2.24) is 0 Å². The van der Waals surface area contributed by atoms with Crippen molar-refractivity contribution >= 4 is 60.5 Å². The number of furan rings is 1. The monoisotopic (exact) mass is 739 g/mol. The highest BCUT2D eigenvalue weighted by atomic mass is 16.3. The van der Waals surface area contributed by atoms with Gasteiger partial charge in [-0.1, -0.05) is 170 Å². The van der Waals surface area contributed by atoms with E-state index in [1.807, 2.05) is 12.1 Å². The first kappa shape index (κ1) is 33.6. The fourth-order valence-electron chi connectivity index (χ4n) is 8.67. The quantitative estimate of drug-likeness (QED) is 0.151. The molecule has 2 heteroatoms. The minimum absolute atomic E-state index is 0.898. The van der Waals surface area contributed by atoms with Crippen LogP contribution in [-0.4, -0.2) is 0 Å². The predicted octanol–water partition coefficient (Wildman–Crippen LogP) is 16.0. The van der Waals surface area contributed by atoms with Gasteiger partial charge in [-0.25, -0.2) is 0 Å². The number of fused-ring (bicyclic) bond motifs is 6. The van der Waals surface area contributed by atoms with Gasteiger partial charge in [-0.05, 0) is 121 Å². The van der Waals surface area contributed by atoms with Crippen LogP contribution in [0.5, 0.6) is 0 Å². The van der Waals surface area contributed by atoms with E-state index in [0.717, 1.165) is 61.3 Å². The van der Waals surface area contributed by atoms with Gasteiger partial charge in [-0.15, -0.1) is 0 Å². The summed E-state index contributed by atoms with van der Waals surface area (Å²) in [4.78, 5) is 2.39. The standard InChI is InChI=1S/C56H37NO/c1-3-13-38(14-4-1)43-35-44(39-15-5-2-6-16-39)37-47(36-43)57(46-32-27-42(28-33-46)50-21-12-24-55-56(50)53-19-9-10-23-54(53)58-55)45-30-25-41(26-31-45)49-20-11-22-51-48-18-8-7-17-40(48)29-34-52(49)51/h1-37H. The van der Waals surface area contributed by atoms with Crippen LogP contribution >= 0.6 is 0 Å². The predicted molar refractivity (Wildman–Crippen MR) is 245 cm³/mol. The van der Waals surface area contributed by atoms with E-state index in [9.17, 15) is 0 Å². The maximum atomic E-state index is 6.26. The van der Waals surface area contributed by atoms with Crippen molar-refractivity contribution in [3.05, 3.63) is 224 Å². The molecule has 0 aliphatic carbocycles. The van der Waals surface area contributed by atoms with Crippen molar-refractivity contribution in [2.24, 2.45) is 0 Å². The number of para-hydroxylation sites is 1. The minimum atomic E-state index is 0.898. The number of hydrogen-bond donors (Lipinski definition) is 0. The first-order valence-electron chi connectivity index (χ1n) is 19.8. The molecule has 0 bridgehead atoms. The Bertz CT molecular complexity index is 3200. The van der Waals surface area contributed by atoms with E-state index < -0.39 is 0 Å². The van der Waals surface area contributed by atoms with Gasteiger partial charge in [0.1, 0.15) is 11.2 Å². The SMILES string of the molecule is c1ccc(-c2cc(-c3ccccc3)cc(N(c3ccc(-c4cccc5c4ccc4ccccc45)cc3)c3ccc(-c4cccc5oc6ccccc6c45)cc3)c2)cc1. The second kappa shape index (κ2) is 14.1. The molecule has 0 unspecified atom stereocenters. The van der Waals surface area contributed by atoms with Crippen LogP contribution in [0.25, 0.3) is 88.0 Å². The fourth-order valence-corrected chi connectivity index (χ4v) is 8.67. The third-order valence-corrected chi connectivity index (χ3v) is 11.5. The highest BCUT2D eigenvalue weighted by Gasteiger charge is 2.18. The summed E-state index contributed by atoms with van der Waals surface area (Å²) in [5.74, 6) is 0. The molecule has 11 aromatic rings. The van der Waals surface area contributed by atoms with Gasteiger partial charge in [0.25, 0.3) is 0 Å². The first-order valence-corrected chi connectivity index (χ1v) is 19.8. The lowest BCUT2D eigenvalue weighted by atomic mass is 9.94. The van der Waals surface area contributed by atoms with Gasteiger partial charge < -0.3 is 9.32 Å². The van der Waals surface area contributed by atoms with E-state index in [2.05, 4.69) is 217 Å². The second-order valence-corrected chi connectivity index (χ2v) is 14.9. The first-order chi connectivity index (χ1) is 28.7. The van der Waals surface area contributed by atoms with Crippen molar-refractivity contribution in [3.8, 4) is 44.5 Å². The molecule has 0 saturated heterocycles. The Hall–Kier alpha value is -7.68. The van der Waals surface area contributed by atoms with Crippen LogP contribution in [0.2, 0.25) is 0 Å². The molecule has 10 aromatic carbocycles. The van der Waals surface area contributed by atoms with E-state index in [1.54, 1.807) is 0 Å². The molecule has 0 amide bonds. The Morgan fingerprint density at radius 1 is 0.276 bits per heavy atom. The topological polar surface area (TPSA) is 16.4 Å². The molecule has 0 spiro atoms. The summed E-state index contributed by atoms with van der Waals surface area (Å²) in [6, 6.07) is 80.8. The molecule has 0 radical (unpaired) electrons. The molecule has 0 fully saturated rings. The molecule has 2 nitrogen and oxygen atoms in total. The summed E-state index contributed by atoms with van der Waals surface area (Å²) < 4.78 is 6.26. The van der Waals surface area contributed by atoms with Gasteiger partial charge in [0, 0.05) is 27.8 Å². The maximum Gasteiger partial charge on any atom is 0.136 e. The summed E-state index contributed by atoms with van der Waals surface area (Å²) in [5, 5.41) is 7.33. The van der Waals surface area contributed by atoms with Crippen molar-refractivity contribution in [3.63, 3.8) is 0 Å². The Morgan fingerprint density at radius 3 is 1.50 bits per heavy atom. The number of nitrogens with zero attached hydrogens (tertiary/aromatic N) is 1. The van der Waals surface area contributed by atoms with Gasteiger partial charge in [-0.2, -0.15) is 0 Å². The summed E-state index contributed by atoms with van der Waals surface area (Å²) in [7, 11) is 0. The lowest BCUT2D eigenvalue weighted by Gasteiger charge is -2.27. The Balaban J connectivity index is 1.07. The second-order valence-electron chi connectivity index (χ2n) is 14.9. The van der Waals surface area contributed by atoms with Crippen LogP contribution in [0.3, 0.4) is 0 Å². The molecule has 0 N–H and O–H groups in total. The normalized spacial score (nSPS) is 11.4. The van der Waals surface area contributed by atoms with Crippen molar-refractivity contribution in [1.29, 1.82) is 0 Å². The van der Waals surface area contributed by atoms with Crippen LogP contribution in [0.1, 0.15) is 0 Å². The molecule has 272 valence electrons. The third-order valence-electron chi connectivity index (χ3n) is 11.5. The molecule has 11 rings (SSSR count). The third kappa shape index (κ3) is 5.91. The molecule has 1 aromatic heterocycles. The molecular weight excluding hydrogens is 703 g/mol. The molecule has 1 heterocycles. The Labute approximate surface area is 337 Å². The highest BCUT2D eigenvalue weighted by molar-refractivity contribution is 6.13. The summed E-state index contributed by atoms with van der Waals surface area (Å²) in [6.07, 6.45) is 0.